The second-order valence-corrected chi connectivity index (χ2v) is 24.9. The maximum absolute atomic E-state index is 12.6. The van der Waals surface area contributed by atoms with Crippen molar-refractivity contribution >= 4 is 181 Å². The highest BCUT2D eigenvalue weighted by molar-refractivity contribution is 9.42. The number of rotatable bonds is 5. The number of hydrogen-bond donors (Lipinski definition) is 0. The van der Waals surface area contributed by atoms with Gasteiger partial charge in [-0.15, -0.1) is 0 Å². The first-order valence-electron chi connectivity index (χ1n) is 4.81. The van der Waals surface area contributed by atoms with Gasteiger partial charge in [-0.05, 0) is 0 Å². The van der Waals surface area contributed by atoms with E-state index in [0.717, 1.165) is 0 Å². The van der Waals surface area contributed by atoms with Gasteiger partial charge in [-0.2, -0.15) is 13.2 Å². The number of ketones is 1. The molecule has 0 amide bonds. The number of carbonyl (C=O) groups is 1. The summed E-state index contributed by atoms with van der Waals surface area (Å²) >= 11 is 36.7. The molecule has 0 aromatic rings. The summed E-state index contributed by atoms with van der Waals surface area (Å²) in [4.78, 5) is 11.4. The average molecular weight is 1050 g/mol. The lowest BCUT2D eigenvalue weighted by atomic mass is 10.1. The van der Waals surface area contributed by atoms with Crippen LogP contribution in [0.1, 0.15) is 6.42 Å². The van der Waals surface area contributed by atoms with Gasteiger partial charge in [-0.3, -0.25) is 4.79 Å². The molecule has 0 unspecified atom stereocenters. The molecule has 0 bridgehead atoms. The molecule has 15 heteroatoms. The molecule has 0 radical (unpaired) electrons. The van der Waals surface area contributed by atoms with E-state index in [1.165, 1.54) is 0 Å². The summed E-state index contributed by atoms with van der Waals surface area (Å²) in [5.74, 6) is -1.90. The van der Waals surface area contributed by atoms with Crippen LogP contribution in [-0.4, -0.2) is 27.0 Å². The Labute approximate surface area is 222 Å². The molecule has 0 aromatic carbocycles. The Kier molecular flexibility index (Phi) is 10.7. The Morgan fingerprint density at radius 3 is 1.26 bits per heavy atom. The van der Waals surface area contributed by atoms with Gasteiger partial charge in [0.1, 0.15) is 12.9 Å². The quantitative estimate of drug-likeness (QED) is 0.251. The van der Waals surface area contributed by atoms with E-state index in [9.17, 15) is 18.0 Å². The maximum Gasteiger partial charge on any atom is 0.450 e. The van der Waals surface area contributed by atoms with Crippen LogP contribution in [0.3, 0.4) is 0 Å². The molecule has 0 N–H and O–H groups in total. The van der Waals surface area contributed by atoms with Gasteiger partial charge < -0.3 is 0 Å². The van der Waals surface area contributed by atoms with Crippen molar-refractivity contribution in [1.29, 1.82) is 0 Å². The molecule has 0 aliphatic rings. The van der Waals surface area contributed by atoms with E-state index in [0.29, 0.717) is 0 Å². The summed E-state index contributed by atoms with van der Waals surface area (Å²) in [7, 11) is 0. The molecule has 0 saturated carbocycles. The molecule has 0 aliphatic heterocycles. The van der Waals surface area contributed by atoms with Crippen LogP contribution in [0.4, 0.5) is 13.2 Å². The zero-order valence-electron chi connectivity index (χ0n) is 9.91. The number of carbonyl (C=O) groups excluding carboxylic acids is 1. The summed E-state index contributed by atoms with van der Waals surface area (Å²) < 4.78 is 31.6. The Bertz CT molecular complexity index is 465. The van der Waals surface area contributed by atoms with Crippen LogP contribution in [0, 0.1) is 0 Å². The van der Waals surface area contributed by atoms with Gasteiger partial charge >= 0.3 is 6.18 Å². The first-order valence-corrected chi connectivity index (χ1v) is 13.5. The normalized spacial score (nSPS) is 15.7. The SMILES string of the molecule is O=C(CC(Br)(Br)C(Br)(Br)C(Br)(Br)C(Br)(Br)C(Br)(Br)Br)C(F)(F)F. The summed E-state index contributed by atoms with van der Waals surface area (Å²) in [6.45, 7) is 0. The second-order valence-electron chi connectivity index (χ2n) is 4.02. The van der Waals surface area contributed by atoms with Crippen molar-refractivity contribution < 1.29 is 18.0 Å². The van der Waals surface area contributed by atoms with Gasteiger partial charge in [-0.25, -0.2) is 0 Å². The zero-order chi connectivity index (χ0) is 19.3. The van der Waals surface area contributed by atoms with Gasteiger partial charge in [0, 0.05) is 6.42 Å². The van der Waals surface area contributed by atoms with Crippen molar-refractivity contribution in [3.8, 4) is 0 Å². The van der Waals surface area contributed by atoms with Gasteiger partial charge in [0.2, 0.25) is 5.78 Å². The minimum Gasteiger partial charge on any atom is -0.289 e. The molecule has 0 rings (SSSR count). The molecule has 138 valence electrons. The van der Waals surface area contributed by atoms with Crippen LogP contribution in [0.25, 0.3) is 0 Å². The summed E-state index contributed by atoms with van der Waals surface area (Å²) in [6.07, 6.45) is -5.85. The van der Waals surface area contributed by atoms with Crippen molar-refractivity contribution in [1.82, 2.24) is 0 Å². The van der Waals surface area contributed by atoms with Crippen LogP contribution in [0.15, 0.2) is 0 Å². The van der Waals surface area contributed by atoms with Crippen molar-refractivity contribution in [2.24, 2.45) is 0 Å². The van der Waals surface area contributed by atoms with Gasteiger partial charge in [-0.1, -0.05) is 175 Å². The van der Waals surface area contributed by atoms with Crippen molar-refractivity contribution in [3.05, 3.63) is 0 Å². The molecule has 0 spiro atoms. The first-order chi connectivity index (χ1) is 9.63. The predicted molar refractivity (Wildman–Crippen MR) is 128 cm³/mol. The summed E-state index contributed by atoms with van der Waals surface area (Å²) in [5.41, 5.74) is 0. The Hall–Kier alpha value is 4.74. The fraction of sp³-hybridized carbons (Fsp3) is 0.875. The summed E-state index contributed by atoms with van der Waals surface area (Å²) in [6, 6.07) is 0. The van der Waals surface area contributed by atoms with Crippen LogP contribution in [-0.2, 0) is 4.79 Å². The largest absolute Gasteiger partial charge is 0.450 e. The maximum atomic E-state index is 12.6. The molecule has 1 nitrogen and oxygen atoms in total. The molecule has 0 saturated heterocycles. The molecule has 0 atom stereocenters. The van der Waals surface area contributed by atoms with Crippen LogP contribution in [0.2, 0.25) is 0 Å². The highest BCUT2D eigenvalue weighted by atomic mass is 80.0. The standard InChI is InChI=1S/C8H2Br11F3O/c9-3(10,1-2(23)4(20,21)22)5(11,12)6(13,14)7(15,16)8(17,18)19/h1H2. The third-order valence-corrected chi connectivity index (χ3v) is 22.7. The van der Waals surface area contributed by atoms with Gasteiger partial charge in [0.05, 0.1) is 0 Å². The minimum atomic E-state index is -4.95. The molecule has 0 aromatic heterocycles. The third-order valence-electron chi connectivity index (χ3n) is 2.30. The fourth-order valence-corrected chi connectivity index (χ4v) is 9.48. The Morgan fingerprint density at radius 1 is 0.652 bits per heavy atom. The van der Waals surface area contributed by atoms with E-state index in [1.54, 1.807) is 0 Å². The zero-order valence-corrected chi connectivity index (χ0v) is 27.4. The molecular formula is C8H2Br11F3O. The van der Waals surface area contributed by atoms with E-state index in [1.807, 2.05) is 0 Å². The molecule has 0 aliphatic carbocycles. The third kappa shape index (κ3) is 6.11. The van der Waals surface area contributed by atoms with Crippen molar-refractivity contribution in [3.63, 3.8) is 0 Å². The number of Topliss-reactive ketones (excluding diaryl/α,β-unsaturated/α-hetero) is 1. The minimum absolute atomic E-state index is 0.901. The monoisotopic (exact) mass is 1040 g/mol. The average Bonchev–Trinajstić information content (AvgIpc) is 2.24. The summed E-state index contributed by atoms with van der Waals surface area (Å²) in [5, 5.41) is 0. The van der Waals surface area contributed by atoms with E-state index < -0.39 is 33.5 Å². The fourth-order valence-electron chi connectivity index (χ4n) is 1.02. The Balaban J connectivity index is 5.90. The topological polar surface area (TPSA) is 17.1 Å². The highest BCUT2D eigenvalue weighted by Gasteiger charge is 2.70. The molecular weight excluding hydrogens is 1050 g/mol. The van der Waals surface area contributed by atoms with Crippen molar-refractivity contribution in [2.75, 3.05) is 0 Å². The molecule has 0 fully saturated rings. The van der Waals surface area contributed by atoms with Gasteiger partial charge in [0.15, 0.2) is 2.14 Å². The predicted octanol–water partition coefficient (Wildman–Crippen LogP) is 9.29. The number of hydrogen-bond acceptors (Lipinski definition) is 1. The van der Waals surface area contributed by atoms with Gasteiger partial charge in [0.25, 0.3) is 0 Å². The lowest BCUT2D eigenvalue weighted by molar-refractivity contribution is -0.171. The van der Waals surface area contributed by atoms with E-state index in [2.05, 4.69) is 175 Å². The number of halogens is 14. The second kappa shape index (κ2) is 8.85. The van der Waals surface area contributed by atoms with E-state index in [4.69, 9.17) is 0 Å². The highest BCUT2D eigenvalue weighted by Crippen LogP contribution is 2.72. The van der Waals surface area contributed by atoms with E-state index in [-0.39, 0.29) is 0 Å². The molecule has 0 heterocycles. The van der Waals surface area contributed by atoms with Crippen molar-refractivity contribution in [2.45, 2.75) is 27.7 Å². The lowest BCUT2D eigenvalue weighted by Crippen LogP contribution is -2.60. The smallest absolute Gasteiger partial charge is 0.289 e. The lowest BCUT2D eigenvalue weighted by Gasteiger charge is -2.51. The van der Waals surface area contributed by atoms with E-state index >= 15 is 0 Å². The number of alkyl halides is 14. The Morgan fingerprint density at radius 2 is 1.00 bits per heavy atom. The van der Waals surface area contributed by atoms with Crippen LogP contribution in [0.5, 0.6) is 0 Å². The first kappa shape index (κ1) is 27.7. The van der Waals surface area contributed by atoms with Crippen LogP contribution < -0.4 is 0 Å². The van der Waals surface area contributed by atoms with Crippen LogP contribution >= 0.6 is 175 Å². The molecule has 23 heavy (non-hydrogen) atoms.